The van der Waals surface area contributed by atoms with E-state index in [0.717, 1.165) is 22.3 Å². The molecule has 3 aromatic carbocycles. The molecule has 0 spiro atoms. The minimum Gasteiger partial charge on any atom is -0.444 e. The lowest BCUT2D eigenvalue weighted by Crippen LogP contribution is -2.48. The lowest BCUT2D eigenvalue weighted by Gasteiger charge is -2.29. The first-order chi connectivity index (χ1) is 20.0. The summed E-state index contributed by atoms with van der Waals surface area (Å²) in [6, 6.07) is 25.8. The highest BCUT2D eigenvalue weighted by molar-refractivity contribution is 5.80. The van der Waals surface area contributed by atoms with Crippen LogP contribution in [0.15, 0.2) is 84.9 Å². The number of hydrogen-bond acceptors (Lipinski definition) is 6. The molecular formula is C33H38N2O6. The highest BCUT2D eigenvalue weighted by atomic mass is 16.6. The Bertz CT molecular complexity index is 1280. The van der Waals surface area contributed by atoms with Crippen LogP contribution in [-0.4, -0.2) is 59.8 Å². The number of aliphatic hydroxyl groups is 2. The van der Waals surface area contributed by atoms with Gasteiger partial charge in [0.05, 0.1) is 37.5 Å². The second-order valence-electron chi connectivity index (χ2n) is 11.0. The van der Waals surface area contributed by atoms with Gasteiger partial charge in [-0.05, 0) is 41.5 Å². The fourth-order valence-electron chi connectivity index (χ4n) is 5.75. The normalized spacial score (nSPS) is 21.9. The smallest absolute Gasteiger partial charge is 0.407 e. The Labute approximate surface area is 240 Å². The summed E-state index contributed by atoms with van der Waals surface area (Å²) in [4.78, 5) is 26.6. The fourth-order valence-corrected chi connectivity index (χ4v) is 5.75. The molecule has 3 aromatic rings. The summed E-state index contributed by atoms with van der Waals surface area (Å²) in [5.74, 6) is -0.857. The quantitative estimate of drug-likeness (QED) is 0.286. The Morgan fingerprint density at radius 3 is 2.27 bits per heavy atom. The van der Waals surface area contributed by atoms with Crippen molar-refractivity contribution in [1.29, 1.82) is 0 Å². The van der Waals surface area contributed by atoms with E-state index in [1.54, 1.807) is 0 Å². The van der Waals surface area contributed by atoms with Crippen molar-refractivity contribution in [3.8, 4) is 0 Å². The zero-order chi connectivity index (χ0) is 28.6. The average Bonchev–Trinajstić information content (AvgIpc) is 3.60. The fraction of sp³-hybridized carbons (Fsp3) is 0.394. The van der Waals surface area contributed by atoms with Crippen LogP contribution < -0.4 is 10.6 Å². The molecule has 1 fully saturated rings. The maximum Gasteiger partial charge on any atom is 0.407 e. The number of hydrogen-bond donors (Lipinski definition) is 4. The highest BCUT2D eigenvalue weighted by Crippen LogP contribution is 2.32. The summed E-state index contributed by atoms with van der Waals surface area (Å²) in [6.07, 6.45) is -0.711. The molecule has 0 bridgehead atoms. The maximum atomic E-state index is 13.8. The van der Waals surface area contributed by atoms with Gasteiger partial charge in [-0.25, -0.2) is 4.79 Å². The Hall–Kier alpha value is -3.72. The molecule has 1 heterocycles. The largest absolute Gasteiger partial charge is 0.444 e. The molecule has 6 atom stereocenters. The average molecular weight is 559 g/mol. The maximum absolute atomic E-state index is 13.8. The van der Waals surface area contributed by atoms with Gasteiger partial charge in [0.15, 0.2) is 0 Å². The minimum atomic E-state index is -1.04. The van der Waals surface area contributed by atoms with Crippen molar-refractivity contribution in [2.24, 2.45) is 5.92 Å². The van der Waals surface area contributed by atoms with E-state index in [1.165, 1.54) is 0 Å². The predicted octanol–water partition coefficient (Wildman–Crippen LogP) is 3.50. The number of ether oxygens (including phenoxy) is 2. The monoisotopic (exact) mass is 558 g/mol. The molecule has 0 radical (unpaired) electrons. The van der Waals surface area contributed by atoms with Crippen molar-refractivity contribution in [1.82, 2.24) is 10.6 Å². The number of benzene rings is 3. The van der Waals surface area contributed by atoms with E-state index < -0.39 is 36.3 Å². The van der Waals surface area contributed by atoms with Gasteiger partial charge in [0, 0.05) is 18.8 Å². The highest BCUT2D eigenvalue weighted by Gasteiger charge is 2.35. The third-order valence-electron chi connectivity index (χ3n) is 7.95. The molecule has 216 valence electrons. The number of aliphatic hydroxyl groups excluding tert-OH is 2. The van der Waals surface area contributed by atoms with Crippen LogP contribution in [0.2, 0.25) is 0 Å². The van der Waals surface area contributed by atoms with Crippen LogP contribution in [0.5, 0.6) is 0 Å². The van der Waals surface area contributed by atoms with E-state index >= 15 is 0 Å². The molecule has 4 N–H and O–H groups in total. The summed E-state index contributed by atoms with van der Waals surface area (Å²) >= 11 is 0. The van der Waals surface area contributed by atoms with Crippen molar-refractivity contribution < 1.29 is 29.3 Å². The number of rotatable bonds is 11. The van der Waals surface area contributed by atoms with Gasteiger partial charge >= 0.3 is 6.09 Å². The number of amides is 2. The summed E-state index contributed by atoms with van der Waals surface area (Å²) in [6.45, 7) is 0.902. The van der Waals surface area contributed by atoms with Gasteiger partial charge in [0.1, 0.15) is 6.10 Å². The summed E-state index contributed by atoms with van der Waals surface area (Å²) in [5, 5.41) is 28.2. The minimum absolute atomic E-state index is 0.107. The first kappa shape index (κ1) is 28.8. The molecule has 0 saturated carbocycles. The first-order valence-corrected chi connectivity index (χ1v) is 14.3. The van der Waals surface area contributed by atoms with Crippen molar-refractivity contribution in [3.05, 3.63) is 107 Å². The molecule has 4 unspecified atom stereocenters. The molecule has 1 aliphatic carbocycles. The molecule has 0 aromatic heterocycles. The van der Waals surface area contributed by atoms with Gasteiger partial charge in [0.25, 0.3) is 0 Å². The Morgan fingerprint density at radius 2 is 1.59 bits per heavy atom. The van der Waals surface area contributed by atoms with Crippen molar-refractivity contribution >= 4 is 12.0 Å². The second-order valence-corrected chi connectivity index (χ2v) is 11.0. The van der Waals surface area contributed by atoms with Crippen LogP contribution in [0, 0.1) is 5.92 Å². The molecular weight excluding hydrogens is 520 g/mol. The molecule has 41 heavy (non-hydrogen) atoms. The molecule has 5 rings (SSSR count). The topological polar surface area (TPSA) is 117 Å². The van der Waals surface area contributed by atoms with E-state index in [4.69, 9.17) is 9.47 Å². The summed E-state index contributed by atoms with van der Waals surface area (Å²) < 4.78 is 10.8. The lowest BCUT2D eigenvalue weighted by atomic mass is 9.88. The van der Waals surface area contributed by atoms with Crippen LogP contribution in [0.4, 0.5) is 4.79 Å². The van der Waals surface area contributed by atoms with Gasteiger partial charge in [-0.1, -0.05) is 84.9 Å². The van der Waals surface area contributed by atoms with E-state index in [1.807, 2.05) is 84.9 Å². The lowest BCUT2D eigenvalue weighted by molar-refractivity contribution is -0.127. The first-order valence-electron chi connectivity index (χ1n) is 14.3. The molecule has 1 aliphatic heterocycles. The standard InChI is InChI=1S/C33H38N2O6/c36-29(28(18-23-11-5-2-6-12-23)34-33(39)41-26-15-16-40-21-26)20-25(17-22-9-3-1-4-10-22)32(38)35-31-27-14-8-7-13-24(27)19-30(31)37/h1-14,25-26,28-31,36-37H,15-21H2,(H,34,39)(H,35,38)/t25?,26?,28?,29?,30-,31-/m0/s1. The van der Waals surface area contributed by atoms with Crippen molar-refractivity contribution in [2.45, 2.75) is 62.5 Å². The van der Waals surface area contributed by atoms with Gasteiger partial charge in [-0.3, -0.25) is 4.79 Å². The van der Waals surface area contributed by atoms with Crippen LogP contribution in [0.3, 0.4) is 0 Å². The van der Waals surface area contributed by atoms with Crippen LogP contribution in [-0.2, 0) is 33.5 Å². The number of fused-ring (bicyclic) bond motifs is 1. The second kappa shape index (κ2) is 13.8. The third kappa shape index (κ3) is 7.73. The van der Waals surface area contributed by atoms with Crippen molar-refractivity contribution in [2.75, 3.05) is 13.2 Å². The van der Waals surface area contributed by atoms with Crippen LogP contribution in [0.1, 0.15) is 41.1 Å². The van der Waals surface area contributed by atoms with Gasteiger partial charge in [-0.2, -0.15) is 0 Å². The number of carbonyl (C=O) groups is 2. The Kier molecular flexibility index (Phi) is 9.67. The molecule has 2 aliphatic rings. The van der Waals surface area contributed by atoms with E-state index in [9.17, 15) is 19.8 Å². The van der Waals surface area contributed by atoms with E-state index in [-0.39, 0.29) is 18.4 Å². The number of nitrogens with one attached hydrogen (secondary N) is 2. The molecule has 8 heteroatoms. The molecule has 2 amide bonds. The van der Waals surface area contributed by atoms with Crippen LogP contribution >= 0.6 is 0 Å². The zero-order valence-corrected chi connectivity index (χ0v) is 23.0. The van der Waals surface area contributed by atoms with Gasteiger partial charge in [-0.15, -0.1) is 0 Å². The molecule has 8 nitrogen and oxygen atoms in total. The number of carbonyl (C=O) groups excluding carboxylic acids is 2. The Balaban J connectivity index is 1.33. The SMILES string of the molecule is O=C(NC(Cc1ccccc1)C(O)CC(Cc1ccccc1)C(=O)N[C@H]1c2ccccc2C[C@@H]1O)OC1CCOC1. The van der Waals surface area contributed by atoms with Gasteiger partial charge in [0.2, 0.25) is 5.91 Å². The summed E-state index contributed by atoms with van der Waals surface area (Å²) in [5.41, 5.74) is 3.83. The van der Waals surface area contributed by atoms with E-state index in [2.05, 4.69) is 10.6 Å². The molecule has 1 saturated heterocycles. The third-order valence-corrected chi connectivity index (χ3v) is 7.95. The van der Waals surface area contributed by atoms with Crippen LogP contribution in [0.25, 0.3) is 0 Å². The van der Waals surface area contributed by atoms with Gasteiger partial charge < -0.3 is 30.3 Å². The number of alkyl carbamates (subject to hydrolysis) is 1. The predicted molar refractivity (Wildman–Crippen MR) is 154 cm³/mol. The van der Waals surface area contributed by atoms with Crippen molar-refractivity contribution in [3.63, 3.8) is 0 Å². The van der Waals surface area contributed by atoms with E-state index in [0.29, 0.717) is 38.9 Å². The summed E-state index contributed by atoms with van der Waals surface area (Å²) in [7, 11) is 0. The Morgan fingerprint density at radius 1 is 0.927 bits per heavy atom. The zero-order valence-electron chi connectivity index (χ0n) is 23.0.